The second kappa shape index (κ2) is 11.2. The van der Waals surface area contributed by atoms with E-state index < -0.39 is 8.60 Å². The van der Waals surface area contributed by atoms with Gasteiger partial charge in [0.25, 0.3) is 0 Å². The maximum absolute atomic E-state index is 10.8. The number of hydrogen-bond donors (Lipinski definition) is 0. The third-order valence-corrected chi connectivity index (χ3v) is 3.13. The Balaban J connectivity index is 3.94. The first-order chi connectivity index (χ1) is 8.91. The molecule has 0 saturated heterocycles. The van der Waals surface area contributed by atoms with Gasteiger partial charge in [-0.15, -0.1) is 0 Å². The Morgan fingerprint density at radius 3 is 1.16 bits per heavy atom. The topological polar surface area (TPSA) is 78.9 Å². The first kappa shape index (κ1) is 18.3. The summed E-state index contributed by atoms with van der Waals surface area (Å²) in [6.07, 6.45) is 0.848. The van der Waals surface area contributed by atoms with Gasteiger partial charge in [0, 0.05) is 19.3 Å². The summed E-state index contributed by atoms with van der Waals surface area (Å²) in [7, 11) is -1.61. The van der Waals surface area contributed by atoms with E-state index in [4.69, 9.17) is 13.6 Å². The fourth-order valence-corrected chi connectivity index (χ4v) is 1.85. The van der Waals surface area contributed by atoms with Crippen LogP contribution in [0, 0.1) is 0 Å². The average molecular weight is 292 g/mol. The zero-order valence-corrected chi connectivity index (χ0v) is 12.5. The SMILES string of the molecule is CC(=O)CCOP(OCCC(C)=O)OCCC(C)=O. The van der Waals surface area contributed by atoms with E-state index in [1.54, 1.807) is 0 Å². The molecule has 0 heterocycles. The monoisotopic (exact) mass is 292 g/mol. The minimum atomic E-state index is -1.61. The van der Waals surface area contributed by atoms with Gasteiger partial charge in [-0.3, -0.25) is 14.4 Å². The predicted molar refractivity (Wildman–Crippen MR) is 70.7 cm³/mol. The standard InChI is InChI=1S/C12H21O6P/c1-10(13)4-7-16-19(17-8-5-11(2)14)18-9-6-12(3)15/h4-9H2,1-3H3. The molecule has 0 atom stereocenters. The molecule has 0 unspecified atom stereocenters. The molecule has 7 heteroatoms. The molecule has 0 aromatic carbocycles. The molecule has 0 spiro atoms. The summed E-state index contributed by atoms with van der Waals surface area (Å²) in [4.78, 5) is 32.4. The maximum Gasteiger partial charge on any atom is 0.332 e. The van der Waals surface area contributed by atoms with Crippen LogP contribution in [0.4, 0.5) is 0 Å². The van der Waals surface area contributed by atoms with E-state index in [0.717, 1.165) is 0 Å². The maximum atomic E-state index is 10.8. The summed E-state index contributed by atoms with van der Waals surface area (Å²) in [5.74, 6) is 0.0484. The van der Waals surface area contributed by atoms with Crippen LogP contribution < -0.4 is 0 Å². The molecule has 0 amide bonds. The van der Waals surface area contributed by atoms with Crippen LogP contribution in [-0.4, -0.2) is 37.2 Å². The molecule has 110 valence electrons. The molecule has 0 saturated carbocycles. The number of Topliss-reactive ketones (excluding diaryl/α,β-unsaturated/α-hetero) is 3. The van der Waals surface area contributed by atoms with Crippen LogP contribution in [0.3, 0.4) is 0 Å². The van der Waals surface area contributed by atoms with E-state index in [-0.39, 0.29) is 56.4 Å². The minimum Gasteiger partial charge on any atom is -0.312 e. The number of ketones is 3. The lowest BCUT2D eigenvalue weighted by Gasteiger charge is -2.15. The summed E-state index contributed by atoms with van der Waals surface area (Å²) in [5, 5.41) is 0. The molecule has 0 radical (unpaired) electrons. The zero-order valence-electron chi connectivity index (χ0n) is 11.6. The Hall–Kier alpha value is -0.680. The number of carbonyl (C=O) groups excluding carboxylic acids is 3. The molecule has 6 nitrogen and oxygen atoms in total. The van der Waals surface area contributed by atoms with Crippen LogP contribution in [0.15, 0.2) is 0 Å². The molecule has 0 fully saturated rings. The molecule has 0 N–H and O–H groups in total. The molecule has 0 aromatic heterocycles. The highest BCUT2D eigenvalue weighted by Crippen LogP contribution is 2.39. The largest absolute Gasteiger partial charge is 0.332 e. The van der Waals surface area contributed by atoms with Crippen molar-refractivity contribution in [1.29, 1.82) is 0 Å². The van der Waals surface area contributed by atoms with Gasteiger partial charge >= 0.3 is 8.60 Å². The number of hydrogen-bond acceptors (Lipinski definition) is 6. The van der Waals surface area contributed by atoms with E-state index in [2.05, 4.69) is 0 Å². The lowest BCUT2D eigenvalue weighted by Crippen LogP contribution is -2.05. The second-order valence-electron chi connectivity index (χ2n) is 4.08. The summed E-state index contributed by atoms with van der Waals surface area (Å²) >= 11 is 0. The van der Waals surface area contributed by atoms with E-state index in [9.17, 15) is 14.4 Å². The van der Waals surface area contributed by atoms with Gasteiger partial charge in [-0.1, -0.05) is 0 Å². The smallest absolute Gasteiger partial charge is 0.312 e. The summed E-state index contributed by atoms with van der Waals surface area (Å²) < 4.78 is 15.9. The quantitative estimate of drug-likeness (QED) is 0.513. The molecule has 0 aromatic rings. The molecule has 0 aliphatic rings. The highest BCUT2D eigenvalue weighted by atomic mass is 31.2. The lowest BCUT2D eigenvalue weighted by atomic mass is 10.3. The van der Waals surface area contributed by atoms with Crippen molar-refractivity contribution >= 4 is 26.0 Å². The van der Waals surface area contributed by atoms with E-state index >= 15 is 0 Å². The Morgan fingerprint density at radius 2 is 0.947 bits per heavy atom. The molecule has 0 bridgehead atoms. The van der Waals surface area contributed by atoms with Gasteiger partial charge in [0.15, 0.2) is 0 Å². The third kappa shape index (κ3) is 13.6. The van der Waals surface area contributed by atoms with Gasteiger partial charge in [0.1, 0.15) is 17.3 Å². The van der Waals surface area contributed by atoms with Crippen molar-refractivity contribution in [2.45, 2.75) is 40.0 Å². The fraction of sp³-hybridized carbons (Fsp3) is 0.750. The summed E-state index contributed by atoms with van der Waals surface area (Å²) in [6.45, 7) is 5.04. The van der Waals surface area contributed by atoms with Crippen molar-refractivity contribution in [3.8, 4) is 0 Å². The van der Waals surface area contributed by atoms with Crippen molar-refractivity contribution in [2.75, 3.05) is 19.8 Å². The van der Waals surface area contributed by atoms with Crippen molar-refractivity contribution in [1.82, 2.24) is 0 Å². The Morgan fingerprint density at radius 1 is 0.684 bits per heavy atom. The van der Waals surface area contributed by atoms with Crippen molar-refractivity contribution in [3.05, 3.63) is 0 Å². The van der Waals surface area contributed by atoms with Crippen molar-refractivity contribution in [3.63, 3.8) is 0 Å². The average Bonchev–Trinajstić information content (AvgIpc) is 2.26. The first-order valence-corrected chi connectivity index (χ1v) is 7.18. The third-order valence-electron chi connectivity index (χ3n) is 1.95. The van der Waals surface area contributed by atoms with E-state index in [1.165, 1.54) is 20.8 Å². The van der Waals surface area contributed by atoms with Crippen LogP contribution >= 0.6 is 8.60 Å². The lowest BCUT2D eigenvalue weighted by molar-refractivity contribution is -0.118. The van der Waals surface area contributed by atoms with Crippen LogP contribution in [-0.2, 0) is 28.0 Å². The Kier molecular flexibility index (Phi) is 10.8. The number of rotatable bonds is 12. The minimum absolute atomic E-state index is 0.0161. The van der Waals surface area contributed by atoms with Gasteiger partial charge in [-0.2, -0.15) is 0 Å². The molecular formula is C12H21O6P. The van der Waals surface area contributed by atoms with E-state index in [0.29, 0.717) is 0 Å². The van der Waals surface area contributed by atoms with Gasteiger partial charge < -0.3 is 13.6 Å². The first-order valence-electron chi connectivity index (χ1n) is 6.09. The highest BCUT2D eigenvalue weighted by Gasteiger charge is 2.13. The van der Waals surface area contributed by atoms with Gasteiger partial charge in [0.05, 0.1) is 19.8 Å². The highest BCUT2D eigenvalue weighted by molar-refractivity contribution is 7.41. The normalized spacial score (nSPS) is 10.7. The summed E-state index contributed by atoms with van der Waals surface area (Å²) in [6, 6.07) is 0. The van der Waals surface area contributed by atoms with Crippen molar-refractivity contribution in [2.24, 2.45) is 0 Å². The molecule has 19 heavy (non-hydrogen) atoms. The molecule has 0 aliphatic carbocycles. The second-order valence-corrected chi connectivity index (χ2v) is 5.30. The van der Waals surface area contributed by atoms with E-state index in [1.807, 2.05) is 0 Å². The predicted octanol–water partition coefficient (Wildman–Crippen LogP) is 2.20. The fourth-order valence-electron chi connectivity index (χ4n) is 0.904. The van der Waals surface area contributed by atoms with Crippen LogP contribution in [0.1, 0.15) is 40.0 Å². The molecular weight excluding hydrogens is 271 g/mol. The van der Waals surface area contributed by atoms with Gasteiger partial charge in [-0.05, 0) is 20.8 Å². The summed E-state index contributed by atoms with van der Waals surface area (Å²) in [5.41, 5.74) is 0. The van der Waals surface area contributed by atoms with Crippen LogP contribution in [0.2, 0.25) is 0 Å². The molecule has 0 aliphatic heterocycles. The zero-order chi connectivity index (χ0) is 14.7. The van der Waals surface area contributed by atoms with Crippen molar-refractivity contribution < 1.29 is 28.0 Å². The van der Waals surface area contributed by atoms with Gasteiger partial charge in [0.2, 0.25) is 0 Å². The number of carbonyl (C=O) groups is 3. The Labute approximate surface area is 114 Å². The van der Waals surface area contributed by atoms with Crippen LogP contribution in [0.25, 0.3) is 0 Å². The van der Waals surface area contributed by atoms with Crippen LogP contribution in [0.5, 0.6) is 0 Å². The molecule has 0 rings (SSSR count). The van der Waals surface area contributed by atoms with Gasteiger partial charge in [-0.25, -0.2) is 0 Å². The Bertz CT molecular complexity index is 257.